The number of aromatic nitrogens is 2. The van der Waals surface area contributed by atoms with E-state index in [9.17, 15) is 9.59 Å². The average Bonchev–Trinajstić information content (AvgIpc) is 2.51. The van der Waals surface area contributed by atoms with Gasteiger partial charge in [-0.25, -0.2) is 4.68 Å². The number of hydrogen-bond acceptors (Lipinski definition) is 3. The Bertz CT molecular complexity index is 808. The molecule has 0 aliphatic heterocycles. The normalized spacial score (nSPS) is 13.5. The molecule has 0 fully saturated rings. The van der Waals surface area contributed by atoms with Crippen molar-refractivity contribution in [2.75, 3.05) is 5.32 Å². The first-order valence-electron chi connectivity index (χ1n) is 8.00. The van der Waals surface area contributed by atoms with Crippen molar-refractivity contribution >= 4 is 11.6 Å². The van der Waals surface area contributed by atoms with Gasteiger partial charge in [-0.15, -0.1) is 0 Å². The van der Waals surface area contributed by atoms with Crippen LogP contribution in [0.4, 0.5) is 5.69 Å². The largest absolute Gasteiger partial charge is 0.324 e. The fourth-order valence-corrected chi connectivity index (χ4v) is 2.91. The Morgan fingerprint density at radius 1 is 1.22 bits per heavy atom. The number of nitrogens with one attached hydrogen (secondary N) is 1. The lowest BCUT2D eigenvalue weighted by molar-refractivity contribution is -0.117. The van der Waals surface area contributed by atoms with Crippen molar-refractivity contribution in [3.05, 3.63) is 57.0 Å². The molecule has 5 nitrogen and oxygen atoms in total. The fourth-order valence-electron chi connectivity index (χ4n) is 2.91. The topological polar surface area (TPSA) is 64.0 Å². The molecule has 1 heterocycles. The second-order valence-corrected chi connectivity index (χ2v) is 6.19. The highest BCUT2D eigenvalue weighted by atomic mass is 16.2. The standard InChI is InChI=1S/C18H21N3O2/c1-12-7-8-13(2)16(9-12)19-17(22)11-21-18(23)10-14-5-3-4-6-15(14)20-21/h7-10H,3-6,11H2,1-2H3,(H,19,22). The van der Waals surface area contributed by atoms with Crippen LogP contribution in [0.2, 0.25) is 0 Å². The molecule has 1 aliphatic carbocycles. The molecule has 0 atom stereocenters. The van der Waals surface area contributed by atoms with Crippen molar-refractivity contribution < 1.29 is 4.79 Å². The Morgan fingerprint density at radius 2 is 2.00 bits per heavy atom. The van der Waals surface area contributed by atoms with Crippen LogP contribution in [0.15, 0.2) is 29.1 Å². The summed E-state index contributed by atoms with van der Waals surface area (Å²) in [7, 11) is 0. The molecule has 0 radical (unpaired) electrons. The van der Waals surface area contributed by atoms with Crippen molar-refractivity contribution in [3.63, 3.8) is 0 Å². The van der Waals surface area contributed by atoms with Crippen molar-refractivity contribution in [1.29, 1.82) is 0 Å². The third-order valence-corrected chi connectivity index (χ3v) is 4.23. The number of nitrogens with zero attached hydrogens (tertiary/aromatic N) is 2. The van der Waals surface area contributed by atoms with Gasteiger partial charge in [0.1, 0.15) is 6.54 Å². The zero-order valence-corrected chi connectivity index (χ0v) is 13.6. The van der Waals surface area contributed by atoms with Crippen LogP contribution in [-0.4, -0.2) is 15.7 Å². The van der Waals surface area contributed by atoms with Gasteiger partial charge in [0.05, 0.1) is 5.69 Å². The van der Waals surface area contributed by atoms with Gasteiger partial charge in [0.2, 0.25) is 5.91 Å². The summed E-state index contributed by atoms with van der Waals surface area (Å²) in [6, 6.07) is 7.53. The molecular formula is C18H21N3O2. The van der Waals surface area contributed by atoms with E-state index in [-0.39, 0.29) is 18.0 Å². The number of benzene rings is 1. The second-order valence-electron chi connectivity index (χ2n) is 6.19. The molecular weight excluding hydrogens is 290 g/mol. The van der Waals surface area contributed by atoms with E-state index in [0.29, 0.717) is 0 Å². The zero-order chi connectivity index (χ0) is 16.4. The number of anilines is 1. The molecule has 23 heavy (non-hydrogen) atoms. The van der Waals surface area contributed by atoms with Crippen molar-refractivity contribution in [3.8, 4) is 0 Å². The summed E-state index contributed by atoms with van der Waals surface area (Å²) in [5.74, 6) is -0.232. The predicted molar refractivity (Wildman–Crippen MR) is 89.7 cm³/mol. The smallest absolute Gasteiger partial charge is 0.267 e. The van der Waals surface area contributed by atoms with Crippen LogP contribution >= 0.6 is 0 Å². The summed E-state index contributed by atoms with van der Waals surface area (Å²) in [4.78, 5) is 24.4. The fraction of sp³-hybridized carbons (Fsp3) is 0.389. The van der Waals surface area contributed by atoms with Gasteiger partial charge < -0.3 is 5.32 Å². The molecule has 1 N–H and O–H groups in total. The molecule has 0 unspecified atom stereocenters. The second kappa shape index (κ2) is 6.36. The highest BCUT2D eigenvalue weighted by Crippen LogP contribution is 2.18. The minimum Gasteiger partial charge on any atom is -0.324 e. The van der Waals surface area contributed by atoms with Crippen LogP contribution in [-0.2, 0) is 24.2 Å². The van der Waals surface area contributed by atoms with E-state index in [1.807, 2.05) is 32.0 Å². The maximum Gasteiger partial charge on any atom is 0.267 e. The number of rotatable bonds is 3. The molecule has 3 rings (SSSR count). The van der Waals surface area contributed by atoms with Gasteiger partial charge in [-0.05, 0) is 62.3 Å². The van der Waals surface area contributed by atoms with Gasteiger partial charge in [-0.1, -0.05) is 12.1 Å². The molecule has 1 aliphatic rings. The third-order valence-electron chi connectivity index (χ3n) is 4.23. The van der Waals surface area contributed by atoms with Crippen LogP contribution < -0.4 is 10.9 Å². The highest BCUT2D eigenvalue weighted by molar-refractivity contribution is 5.91. The van der Waals surface area contributed by atoms with Gasteiger partial charge in [0.25, 0.3) is 5.56 Å². The van der Waals surface area contributed by atoms with E-state index < -0.39 is 0 Å². The Labute approximate surface area is 135 Å². The highest BCUT2D eigenvalue weighted by Gasteiger charge is 2.15. The van der Waals surface area contributed by atoms with E-state index in [0.717, 1.165) is 53.8 Å². The van der Waals surface area contributed by atoms with Crippen molar-refractivity contribution in [2.45, 2.75) is 46.1 Å². The number of hydrogen-bond donors (Lipinski definition) is 1. The van der Waals surface area contributed by atoms with Crippen molar-refractivity contribution in [2.24, 2.45) is 0 Å². The quantitative estimate of drug-likeness (QED) is 0.946. The first-order chi connectivity index (χ1) is 11.0. The SMILES string of the molecule is Cc1ccc(C)c(NC(=O)Cn2nc3c(cc2=O)CCCC3)c1. The zero-order valence-electron chi connectivity index (χ0n) is 13.6. The van der Waals surface area contributed by atoms with E-state index in [4.69, 9.17) is 0 Å². The van der Waals surface area contributed by atoms with E-state index in [2.05, 4.69) is 10.4 Å². The molecule has 5 heteroatoms. The van der Waals surface area contributed by atoms with Gasteiger partial charge in [0.15, 0.2) is 0 Å². The van der Waals surface area contributed by atoms with Crippen LogP contribution in [0.5, 0.6) is 0 Å². The summed E-state index contributed by atoms with van der Waals surface area (Å²) >= 11 is 0. The van der Waals surface area contributed by atoms with Gasteiger partial charge >= 0.3 is 0 Å². The molecule has 0 spiro atoms. The summed E-state index contributed by atoms with van der Waals surface area (Å²) in [6.07, 6.45) is 3.99. The maximum atomic E-state index is 12.3. The first-order valence-corrected chi connectivity index (χ1v) is 8.00. The molecule has 1 aromatic carbocycles. The average molecular weight is 311 g/mol. The van der Waals surface area contributed by atoms with Crippen LogP contribution in [0, 0.1) is 13.8 Å². The lowest BCUT2D eigenvalue weighted by atomic mass is 9.97. The van der Waals surface area contributed by atoms with E-state index >= 15 is 0 Å². The number of fused-ring (bicyclic) bond motifs is 1. The number of amides is 1. The maximum absolute atomic E-state index is 12.3. The number of carbonyl (C=O) groups excluding carboxylic acids is 1. The van der Waals surface area contributed by atoms with Crippen LogP contribution in [0.1, 0.15) is 35.2 Å². The molecule has 1 aromatic heterocycles. The van der Waals surface area contributed by atoms with E-state index in [1.165, 1.54) is 4.68 Å². The first kappa shape index (κ1) is 15.5. The molecule has 2 aromatic rings. The molecule has 0 saturated heterocycles. The Kier molecular flexibility index (Phi) is 4.28. The minimum absolute atomic E-state index is 0.0561. The lowest BCUT2D eigenvalue weighted by Crippen LogP contribution is -2.31. The van der Waals surface area contributed by atoms with Gasteiger partial charge in [-0.3, -0.25) is 9.59 Å². The Balaban J connectivity index is 1.78. The predicted octanol–water partition coefficient (Wildman–Crippen LogP) is 2.38. The number of aryl methyl sites for hydroxylation is 4. The summed E-state index contributed by atoms with van der Waals surface area (Å²) < 4.78 is 1.27. The molecule has 120 valence electrons. The van der Waals surface area contributed by atoms with Crippen LogP contribution in [0.25, 0.3) is 0 Å². The number of carbonyl (C=O) groups is 1. The molecule has 1 amide bonds. The van der Waals surface area contributed by atoms with Crippen molar-refractivity contribution in [1.82, 2.24) is 9.78 Å². The van der Waals surface area contributed by atoms with Crippen LogP contribution in [0.3, 0.4) is 0 Å². The molecule has 0 bridgehead atoms. The molecule has 0 saturated carbocycles. The lowest BCUT2D eigenvalue weighted by Gasteiger charge is -2.16. The Morgan fingerprint density at radius 3 is 2.83 bits per heavy atom. The monoisotopic (exact) mass is 311 g/mol. The van der Waals surface area contributed by atoms with Gasteiger partial charge in [0, 0.05) is 11.8 Å². The third kappa shape index (κ3) is 3.50. The van der Waals surface area contributed by atoms with E-state index in [1.54, 1.807) is 6.07 Å². The van der Waals surface area contributed by atoms with Gasteiger partial charge in [-0.2, -0.15) is 5.10 Å². The summed E-state index contributed by atoms with van der Waals surface area (Å²) in [5.41, 5.74) is 4.63. The summed E-state index contributed by atoms with van der Waals surface area (Å²) in [6.45, 7) is 3.86. The summed E-state index contributed by atoms with van der Waals surface area (Å²) in [5, 5.41) is 7.25. The minimum atomic E-state index is -0.232. The Hall–Kier alpha value is -2.43.